The lowest BCUT2D eigenvalue weighted by atomic mass is 9.49. The molecular formula is C15H20N2O. The molecule has 0 saturated heterocycles. The highest BCUT2D eigenvalue weighted by Gasteiger charge is 2.52. The molecule has 4 aliphatic rings. The zero-order valence-corrected chi connectivity index (χ0v) is 10.6. The third-order valence-electron chi connectivity index (χ3n) is 5.48. The average molecular weight is 244 g/mol. The summed E-state index contributed by atoms with van der Waals surface area (Å²) in [7, 11) is 0. The lowest BCUT2D eigenvalue weighted by Crippen LogP contribution is -2.49. The Balaban J connectivity index is 1.81. The summed E-state index contributed by atoms with van der Waals surface area (Å²) in [5.74, 6) is 2.67. The van der Waals surface area contributed by atoms with Gasteiger partial charge in [-0.3, -0.25) is 4.79 Å². The zero-order valence-electron chi connectivity index (χ0n) is 10.6. The lowest BCUT2D eigenvalue weighted by Gasteiger charge is -2.56. The molecule has 0 aliphatic heterocycles. The van der Waals surface area contributed by atoms with Crippen molar-refractivity contribution in [2.24, 2.45) is 17.8 Å². The Morgan fingerprint density at radius 2 is 1.61 bits per heavy atom. The quantitative estimate of drug-likeness (QED) is 0.797. The minimum Gasteiger partial charge on any atom is -0.399 e. The molecule has 18 heavy (non-hydrogen) atoms. The normalized spacial score (nSPS) is 41.2. The van der Waals surface area contributed by atoms with E-state index in [9.17, 15) is 4.79 Å². The smallest absolute Gasteiger partial charge is 0.250 e. The first-order valence-corrected chi connectivity index (χ1v) is 7.13. The molecule has 3 N–H and O–H groups in total. The van der Waals surface area contributed by atoms with Crippen LogP contribution in [0.15, 0.2) is 16.9 Å². The van der Waals surface area contributed by atoms with E-state index < -0.39 is 0 Å². The Hall–Kier alpha value is -1.25. The molecule has 5 rings (SSSR count). The molecule has 4 fully saturated rings. The van der Waals surface area contributed by atoms with Gasteiger partial charge in [0, 0.05) is 22.9 Å². The van der Waals surface area contributed by atoms with Crippen molar-refractivity contribution >= 4 is 5.69 Å². The molecule has 3 nitrogen and oxygen atoms in total. The largest absolute Gasteiger partial charge is 0.399 e. The van der Waals surface area contributed by atoms with Crippen molar-refractivity contribution in [3.8, 4) is 0 Å². The molecular weight excluding hydrogens is 224 g/mol. The van der Waals surface area contributed by atoms with E-state index in [2.05, 4.69) is 4.98 Å². The van der Waals surface area contributed by atoms with Crippen LogP contribution in [-0.4, -0.2) is 4.98 Å². The lowest BCUT2D eigenvalue weighted by molar-refractivity contribution is -0.00726. The van der Waals surface area contributed by atoms with E-state index in [1.165, 1.54) is 44.6 Å². The van der Waals surface area contributed by atoms with Gasteiger partial charge in [0.25, 0.3) is 0 Å². The van der Waals surface area contributed by atoms with Crippen LogP contribution in [0.3, 0.4) is 0 Å². The van der Waals surface area contributed by atoms with Gasteiger partial charge in [-0.15, -0.1) is 0 Å². The van der Waals surface area contributed by atoms with E-state index in [0.29, 0.717) is 5.69 Å². The number of aromatic nitrogens is 1. The Morgan fingerprint density at radius 1 is 1.06 bits per heavy atom. The maximum Gasteiger partial charge on any atom is 0.250 e. The number of hydrogen-bond donors (Lipinski definition) is 2. The second-order valence-corrected chi connectivity index (χ2v) is 6.89. The second kappa shape index (κ2) is 3.40. The van der Waals surface area contributed by atoms with Gasteiger partial charge < -0.3 is 10.7 Å². The molecule has 1 aromatic heterocycles. The van der Waals surface area contributed by atoms with Crippen molar-refractivity contribution in [3.05, 3.63) is 28.2 Å². The molecule has 0 radical (unpaired) electrons. The summed E-state index contributed by atoms with van der Waals surface area (Å²) in [4.78, 5) is 14.7. The van der Waals surface area contributed by atoms with E-state index in [-0.39, 0.29) is 11.0 Å². The van der Waals surface area contributed by atoms with Crippen LogP contribution in [0.25, 0.3) is 0 Å². The summed E-state index contributed by atoms with van der Waals surface area (Å²) in [5.41, 5.74) is 7.79. The summed E-state index contributed by atoms with van der Waals surface area (Å²) in [6.45, 7) is 0. The van der Waals surface area contributed by atoms with E-state index in [1.54, 1.807) is 0 Å². The Morgan fingerprint density at radius 3 is 2.11 bits per heavy atom. The summed E-state index contributed by atoms with van der Waals surface area (Å²) in [5, 5.41) is 0. The number of aromatic amines is 1. The van der Waals surface area contributed by atoms with Gasteiger partial charge in [0.2, 0.25) is 5.56 Å². The first-order chi connectivity index (χ1) is 8.63. The van der Waals surface area contributed by atoms with Gasteiger partial charge in [-0.05, 0) is 62.3 Å². The Kier molecular flexibility index (Phi) is 2.01. The van der Waals surface area contributed by atoms with Crippen LogP contribution in [0.1, 0.15) is 44.2 Å². The zero-order chi connectivity index (χ0) is 12.3. The molecule has 0 unspecified atom stereocenters. The van der Waals surface area contributed by atoms with Crippen molar-refractivity contribution < 1.29 is 0 Å². The van der Waals surface area contributed by atoms with Crippen LogP contribution in [0.4, 0.5) is 5.69 Å². The van der Waals surface area contributed by atoms with E-state index in [1.807, 2.05) is 6.07 Å². The molecule has 4 bridgehead atoms. The van der Waals surface area contributed by atoms with Crippen LogP contribution >= 0.6 is 0 Å². The predicted octanol–water partition coefficient (Wildman–Crippen LogP) is 2.42. The summed E-state index contributed by atoms with van der Waals surface area (Å²) in [6.07, 6.45) is 8.05. The highest BCUT2D eigenvalue weighted by molar-refractivity contribution is 5.40. The molecule has 0 aromatic carbocycles. The molecule has 4 saturated carbocycles. The highest BCUT2D eigenvalue weighted by atomic mass is 16.1. The third kappa shape index (κ3) is 1.46. The van der Waals surface area contributed by atoms with Crippen molar-refractivity contribution in [1.82, 2.24) is 4.98 Å². The number of H-pyrrole nitrogens is 1. The first kappa shape index (κ1) is 10.7. The van der Waals surface area contributed by atoms with Crippen LogP contribution in [-0.2, 0) is 5.41 Å². The number of pyridine rings is 1. The molecule has 1 aromatic rings. The van der Waals surface area contributed by atoms with Gasteiger partial charge in [0.05, 0.1) is 0 Å². The minimum atomic E-state index is -0.0410. The number of nitrogens with two attached hydrogens (primary N) is 1. The van der Waals surface area contributed by atoms with E-state index in [4.69, 9.17) is 5.73 Å². The Labute approximate surface area is 107 Å². The second-order valence-electron chi connectivity index (χ2n) is 6.89. The van der Waals surface area contributed by atoms with Crippen molar-refractivity contribution in [3.63, 3.8) is 0 Å². The topological polar surface area (TPSA) is 58.9 Å². The van der Waals surface area contributed by atoms with E-state index in [0.717, 1.165) is 23.4 Å². The number of anilines is 1. The summed E-state index contributed by atoms with van der Waals surface area (Å²) >= 11 is 0. The van der Waals surface area contributed by atoms with Gasteiger partial charge in [-0.25, -0.2) is 0 Å². The van der Waals surface area contributed by atoms with Crippen LogP contribution in [0.2, 0.25) is 0 Å². The third-order valence-corrected chi connectivity index (χ3v) is 5.48. The van der Waals surface area contributed by atoms with Gasteiger partial charge >= 0.3 is 0 Å². The molecule has 1 heterocycles. The van der Waals surface area contributed by atoms with Gasteiger partial charge in [0.15, 0.2) is 0 Å². The molecule has 0 atom stereocenters. The molecule has 3 heteroatoms. The molecule has 4 aliphatic carbocycles. The first-order valence-electron chi connectivity index (χ1n) is 7.13. The van der Waals surface area contributed by atoms with E-state index >= 15 is 0 Å². The maximum atomic E-state index is 11.7. The fraction of sp³-hybridized carbons (Fsp3) is 0.667. The van der Waals surface area contributed by atoms with Crippen molar-refractivity contribution in [1.29, 1.82) is 0 Å². The van der Waals surface area contributed by atoms with Gasteiger partial charge in [-0.1, -0.05) is 0 Å². The molecule has 96 valence electrons. The van der Waals surface area contributed by atoms with Gasteiger partial charge in [-0.2, -0.15) is 0 Å². The highest BCUT2D eigenvalue weighted by Crippen LogP contribution is 2.60. The SMILES string of the molecule is Nc1cc(C23CC4CC(CC(C4)C2)C3)[nH]c(=O)c1. The average Bonchev–Trinajstić information content (AvgIpc) is 2.25. The van der Waals surface area contributed by atoms with Gasteiger partial charge in [0.1, 0.15) is 0 Å². The maximum absolute atomic E-state index is 11.7. The number of nitrogen functional groups attached to an aromatic ring is 1. The minimum absolute atomic E-state index is 0.0410. The van der Waals surface area contributed by atoms with Crippen LogP contribution in [0, 0.1) is 17.8 Å². The van der Waals surface area contributed by atoms with Crippen LogP contribution in [0.5, 0.6) is 0 Å². The molecule has 0 amide bonds. The summed E-state index contributed by atoms with van der Waals surface area (Å²) in [6, 6.07) is 3.50. The summed E-state index contributed by atoms with van der Waals surface area (Å²) < 4.78 is 0. The molecule has 0 spiro atoms. The fourth-order valence-corrected chi connectivity index (χ4v) is 5.29. The van der Waals surface area contributed by atoms with Crippen molar-refractivity contribution in [2.45, 2.75) is 43.9 Å². The monoisotopic (exact) mass is 244 g/mol. The van der Waals surface area contributed by atoms with Crippen molar-refractivity contribution in [2.75, 3.05) is 5.73 Å². The number of nitrogens with one attached hydrogen (secondary N) is 1. The number of rotatable bonds is 1. The Bertz CT molecular complexity index is 510. The predicted molar refractivity (Wildman–Crippen MR) is 71.3 cm³/mol. The number of hydrogen-bond acceptors (Lipinski definition) is 2. The standard InChI is InChI=1S/C15H20N2O/c16-12-4-13(17-14(18)5-12)15-6-9-1-10(7-15)3-11(2-9)8-15/h4-5,9-11H,1-3,6-8H2,(H3,16,17,18). The fourth-order valence-electron chi connectivity index (χ4n) is 5.29. The van der Waals surface area contributed by atoms with Crippen LogP contribution < -0.4 is 11.3 Å².